The molecule has 4 aromatic rings. The Balaban J connectivity index is 1.75. The van der Waals surface area contributed by atoms with E-state index in [1.54, 1.807) is 12.1 Å². The SMILES string of the molecule is Cc1cc(-c2cc(C)c(O)c(C3(c4cc(-c5ccc(O)c(C)c5)cc(C)c4O)CCCCC3)c2)ccc1O. The van der Waals surface area contributed by atoms with Gasteiger partial charge in [0.15, 0.2) is 0 Å². The monoisotopic (exact) mass is 508 g/mol. The second-order valence-corrected chi connectivity index (χ2v) is 11.0. The van der Waals surface area contributed by atoms with Crippen LogP contribution < -0.4 is 0 Å². The van der Waals surface area contributed by atoms with Crippen molar-refractivity contribution in [1.82, 2.24) is 0 Å². The van der Waals surface area contributed by atoms with Gasteiger partial charge in [0.1, 0.15) is 23.0 Å². The highest BCUT2D eigenvalue weighted by atomic mass is 16.3. The minimum atomic E-state index is -0.550. The Hall–Kier alpha value is -3.92. The lowest BCUT2D eigenvalue weighted by Crippen LogP contribution is -2.31. The number of hydrogen-bond acceptors (Lipinski definition) is 4. The summed E-state index contributed by atoms with van der Waals surface area (Å²) in [6.45, 7) is 7.61. The average molecular weight is 509 g/mol. The fourth-order valence-corrected chi connectivity index (χ4v) is 6.13. The van der Waals surface area contributed by atoms with Gasteiger partial charge >= 0.3 is 0 Å². The summed E-state index contributed by atoms with van der Waals surface area (Å²) in [5, 5.41) is 43.1. The molecule has 0 radical (unpaired) electrons. The van der Waals surface area contributed by atoms with E-state index in [1.807, 2.05) is 64.1 Å². The van der Waals surface area contributed by atoms with Crippen LogP contribution in [0.5, 0.6) is 23.0 Å². The molecule has 4 heteroatoms. The Bertz CT molecular complexity index is 1420. The van der Waals surface area contributed by atoms with Crippen LogP contribution in [0.1, 0.15) is 65.5 Å². The molecule has 38 heavy (non-hydrogen) atoms. The van der Waals surface area contributed by atoms with Crippen LogP contribution in [0.2, 0.25) is 0 Å². The van der Waals surface area contributed by atoms with Crippen LogP contribution in [0.4, 0.5) is 0 Å². The smallest absolute Gasteiger partial charge is 0.122 e. The number of aromatic hydroxyl groups is 4. The molecule has 4 N–H and O–H groups in total. The first kappa shape index (κ1) is 25.7. The van der Waals surface area contributed by atoms with Crippen LogP contribution in [0.25, 0.3) is 22.3 Å². The van der Waals surface area contributed by atoms with Crippen LogP contribution in [-0.2, 0) is 5.41 Å². The van der Waals surface area contributed by atoms with Crippen molar-refractivity contribution in [3.63, 3.8) is 0 Å². The van der Waals surface area contributed by atoms with E-state index in [2.05, 4.69) is 12.1 Å². The molecule has 0 bridgehead atoms. The summed E-state index contributed by atoms with van der Waals surface area (Å²) >= 11 is 0. The van der Waals surface area contributed by atoms with Gasteiger partial charge in [0, 0.05) is 16.5 Å². The Morgan fingerprint density at radius 2 is 0.868 bits per heavy atom. The zero-order valence-corrected chi connectivity index (χ0v) is 22.6. The molecule has 5 rings (SSSR count). The highest BCUT2D eigenvalue weighted by Gasteiger charge is 2.41. The molecule has 4 nitrogen and oxygen atoms in total. The van der Waals surface area contributed by atoms with Gasteiger partial charge in [-0.05, 0) is 134 Å². The molecular weight excluding hydrogens is 472 g/mol. The molecule has 1 saturated carbocycles. The third-order valence-corrected chi connectivity index (χ3v) is 8.40. The summed E-state index contributed by atoms with van der Waals surface area (Å²) in [5.74, 6) is 1.06. The van der Waals surface area contributed by atoms with E-state index in [0.29, 0.717) is 0 Å². The molecule has 0 spiro atoms. The first-order valence-electron chi connectivity index (χ1n) is 13.4. The quantitative estimate of drug-likeness (QED) is 0.223. The van der Waals surface area contributed by atoms with E-state index in [0.717, 1.165) is 87.7 Å². The van der Waals surface area contributed by atoms with Crippen molar-refractivity contribution in [2.75, 3.05) is 0 Å². The maximum Gasteiger partial charge on any atom is 0.122 e. The molecule has 1 fully saturated rings. The van der Waals surface area contributed by atoms with Crippen molar-refractivity contribution in [3.05, 3.63) is 94.0 Å². The molecular formula is C34H36O4. The van der Waals surface area contributed by atoms with E-state index in [9.17, 15) is 20.4 Å². The largest absolute Gasteiger partial charge is 0.508 e. The van der Waals surface area contributed by atoms with Gasteiger partial charge in [-0.25, -0.2) is 0 Å². The summed E-state index contributed by atoms with van der Waals surface area (Å²) in [6, 6.07) is 19.3. The lowest BCUT2D eigenvalue weighted by Gasteiger charge is -2.40. The number of hydrogen-bond donors (Lipinski definition) is 4. The summed E-state index contributed by atoms with van der Waals surface area (Å²) in [6.07, 6.45) is 4.77. The minimum absolute atomic E-state index is 0.259. The molecule has 0 aromatic heterocycles. The molecule has 0 aliphatic heterocycles. The molecule has 0 unspecified atom stereocenters. The van der Waals surface area contributed by atoms with Gasteiger partial charge in [-0.2, -0.15) is 0 Å². The molecule has 0 heterocycles. The van der Waals surface area contributed by atoms with Crippen LogP contribution in [0.15, 0.2) is 60.7 Å². The van der Waals surface area contributed by atoms with E-state index < -0.39 is 5.41 Å². The highest BCUT2D eigenvalue weighted by Crippen LogP contribution is 2.53. The second-order valence-electron chi connectivity index (χ2n) is 11.0. The number of aryl methyl sites for hydroxylation is 4. The van der Waals surface area contributed by atoms with Gasteiger partial charge in [0.05, 0.1) is 0 Å². The number of benzene rings is 4. The summed E-state index contributed by atoms with van der Waals surface area (Å²) < 4.78 is 0. The van der Waals surface area contributed by atoms with E-state index >= 15 is 0 Å². The number of phenolic OH excluding ortho intramolecular Hbond substituents is 4. The average Bonchev–Trinajstić information content (AvgIpc) is 2.90. The summed E-state index contributed by atoms with van der Waals surface area (Å²) in [7, 11) is 0. The van der Waals surface area contributed by atoms with E-state index in [-0.39, 0.29) is 23.0 Å². The Labute approximate surface area is 224 Å². The van der Waals surface area contributed by atoms with Crippen molar-refractivity contribution in [2.45, 2.75) is 65.2 Å². The topological polar surface area (TPSA) is 80.9 Å². The van der Waals surface area contributed by atoms with Crippen LogP contribution in [0.3, 0.4) is 0 Å². The summed E-state index contributed by atoms with van der Waals surface area (Å²) in [5.41, 5.74) is 8.21. The van der Waals surface area contributed by atoms with Crippen LogP contribution >= 0.6 is 0 Å². The maximum atomic E-state index is 11.5. The standard InChI is InChI=1S/C34H36O4/c1-20-14-24(8-10-30(20)35)26-16-22(3)32(37)28(18-26)34(12-6-5-7-13-34)29-19-27(17-23(4)33(29)38)25-9-11-31(36)21(2)15-25/h8-11,14-19,35-38H,5-7,12-13H2,1-4H3. The second kappa shape index (κ2) is 9.75. The first-order valence-corrected chi connectivity index (χ1v) is 13.4. The molecule has 4 aromatic carbocycles. The number of phenols is 4. The third kappa shape index (κ3) is 4.38. The van der Waals surface area contributed by atoms with Crippen LogP contribution in [0, 0.1) is 27.7 Å². The molecule has 1 aliphatic rings. The normalized spacial score (nSPS) is 14.9. The van der Waals surface area contributed by atoms with Crippen molar-refractivity contribution in [2.24, 2.45) is 0 Å². The van der Waals surface area contributed by atoms with E-state index in [1.165, 1.54) is 0 Å². The molecule has 0 amide bonds. The van der Waals surface area contributed by atoms with Crippen molar-refractivity contribution in [1.29, 1.82) is 0 Å². The van der Waals surface area contributed by atoms with Crippen molar-refractivity contribution < 1.29 is 20.4 Å². The van der Waals surface area contributed by atoms with E-state index in [4.69, 9.17) is 0 Å². The van der Waals surface area contributed by atoms with Gasteiger partial charge in [0.25, 0.3) is 0 Å². The lowest BCUT2D eigenvalue weighted by atomic mass is 9.63. The minimum Gasteiger partial charge on any atom is -0.508 e. The zero-order chi connectivity index (χ0) is 27.2. The van der Waals surface area contributed by atoms with Crippen LogP contribution in [-0.4, -0.2) is 20.4 Å². The summed E-state index contributed by atoms with van der Waals surface area (Å²) in [4.78, 5) is 0. The van der Waals surface area contributed by atoms with Gasteiger partial charge in [-0.15, -0.1) is 0 Å². The fraction of sp³-hybridized carbons (Fsp3) is 0.294. The molecule has 196 valence electrons. The Morgan fingerprint density at radius 1 is 0.474 bits per heavy atom. The fourth-order valence-electron chi connectivity index (χ4n) is 6.13. The van der Waals surface area contributed by atoms with Gasteiger partial charge in [-0.1, -0.05) is 31.4 Å². The number of rotatable bonds is 4. The molecule has 0 atom stereocenters. The third-order valence-electron chi connectivity index (χ3n) is 8.40. The van der Waals surface area contributed by atoms with Crippen molar-refractivity contribution >= 4 is 0 Å². The molecule has 0 saturated heterocycles. The van der Waals surface area contributed by atoms with Crippen molar-refractivity contribution in [3.8, 4) is 45.3 Å². The zero-order valence-electron chi connectivity index (χ0n) is 22.6. The molecule has 1 aliphatic carbocycles. The predicted molar refractivity (Wildman–Crippen MR) is 153 cm³/mol. The Kier molecular flexibility index (Phi) is 6.60. The first-order chi connectivity index (χ1) is 18.1. The van der Waals surface area contributed by atoms with Gasteiger partial charge in [-0.3, -0.25) is 0 Å². The highest BCUT2D eigenvalue weighted by molar-refractivity contribution is 5.73. The van der Waals surface area contributed by atoms with Gasteiger partial charge in [0.2, 0.25) is 0 Å². The lowest BCUT2D eigenvalue weighted by molar-refractivity contribution is 0.320. The maximum absolute atomic E-state index is 11.5. The van der Waals surface area contributed by atoms with Gasteiger partial charge < -0.3 is 20.4 Å². The predicted octanol–water partition coefficient (Wildman–Crippen LogP) is 8.33. The Morgan fingerprint density at radius 3 is 1.26 bits per heavy atom.